The minimum Gasteiger partial charge on any atom is -0.481 e. The lowest BCUT2D eigenvalue weighted by Gasteiger charge is -2.16. The number of fused-ring (bicyclic) bond motifs is 1. The predicted molar refractivity (Wildman–Crippen MR) is 96.8 cm³/mol. The Balaban J connectivity index is 0.000000212. The standard InChI is InChI=1S/C10H16N2O3S.C7H6N2/c13-8(14)4-2-1-3-7-9-6(5-16-7)11-10(15)12-9;8-9-6-7-4-2-1-3-5-7/h6-7,9H,1-5H2,(H,13,14)(H2,11,12,15);1-6H/t6-,7-,9-;/m0./s1. The summed E-state index contributed by atoms with van der Waals surface area (Å²) in [6.45, 7) is 0. The minimum atomic E-state index is -0.729. The van der Waals surface area contributed by atoms with Gasteiger partial charge in [0.1, 0.15) is 0 Å². The molecule has 3 N–H and O–H groups in total. The van der Waals surface area contributed by atoms with E-state index in [1.807, 2.05) is 42.1 Å². The van der Waals surface area contributed by atoms with Gasteiger partial charge in [0.05, 0.1) is 17.6 Å². The number of hydrogen-bond donors (Lipinski definition) is 3. The Morgan fingerprint density at radius 2 is 2.08 bits per heavy atom. The summed E-state index contributed by atoms with van der Waals surface area (Å²) in [5.41, 5.74) is 8.99. The Kier molecular flexibility index (Phi) is 7.50. The minimum absolute atomic E-state index is 0.0640. The third-order valence-corrected chi connectivity index (χ3v) is 5.58. The van der Waals surface area contributed by atoms with E-state index >= 15 is 0 Å². The van der Waals surface area contributed by atoms with Gasteiger partial charge in [-0.05, 0) is 25.0 Å². The topological polar surface area (TPSA) is 115 Å². The molecule has 2 heterocycles. The summed E-state index contributed by atoms with van der Waals surface area (Å²) in [5.74, 6) is 0.236. The highest BCUT2D eigenvalue weighted by Gasteiger charge is 2.42. The fraction of sp³-hybridized carbons (Fsp3) is 0.471. The number of unbranched alkanes of at least 4 members (excludes halogenated alkanes) is 1. The number of rotatable bonds is 6. The first kappa shape index (κ1) is 19.0. The molecule has 2 amide bonds. The van der Waals surface area contributed by atoms with Crippen molar-refractivity contribution in [1.29, 1.82) is 0 Å². The molecule has 0 unspecified atom stereocenters. The second-order valence-electron chi connectivity index (χ2n) is 5.92. The number of carbonyl (C=O) groups excluding carboxylic acids is 1. The maximum Gasteiger partial charge on any atom is 0.315 e. The van der Waals surface area contributed by atoms with E-state index < -0.39 is 5.97 Å². The molecule has 3 rings (SSSR count). The van der Waals surface area contributed by atoms with Crippen LogP contribution in [0.3, 0.4) is 0 Å². The average Bonchev–Trinajstić information content (AvgIpc) is 3.13. The first-order valence-corrected chi connectivity index (χ1v) is 9.28. The quantitative estimate of drug-likeness (QED) is 0.236. The van der Waals surface area contributed by atoms with Crippen LogP contribution in [-0.2, 0) is 4.79 Å². The van der Waals surface area contributed by atoms with Crippen molar-refractivity contribution in [2.24, 2.45) is 0 Å². The van der Waals surface area contributed by atoms with Gasteiger partial charge in [0.25, 0.3) is 6.21 Å². The molecule has 3 atom stereocenters. The predicted octanol–water partition coefficient (Wildman–Crippen LogP) is 2.13. The second kappa shape index (κ2) is 9.86. The Labute approximate surface area is 150 Å². The highest BCUT2D eigenvalue weighted by molar-refractivity contribution is 8.00. The molecule has 0 radical (unpaired) electrons. The van der Waals surface area contributed by atoms with E-state index in [0.29, 0.717) is 5.25 Å². The number of carboxylic acids is 1. The summed E-state index contributed by atoms with van der Waals surface area (Å²) >= 11 is 1.87. The maximum absolute atomic E-state index is 11.1. The Morgan fingerprint density at radius 1 is 1.32 bits per heavy atom. The van der Waals surface area contributed by atoms with Crippen molar-refractivity contribution in [3.63, 3.8) is 0 Å². The third-order valence-electron chi connectivity index (χ3n) is 4.07. The summed E-state index contributed by atoms with van der Waals surface area (Å²) in [7, 11) is 0. The molecule has 25 heavy (non-hydrogen) atoms. The molecular weight excluding hydrogens is 340 g/mol. The van der Waals surface area contributed by atoms with Crippen molar-refractivity contribution in [2.45, 2.75) is 43.0 Å². The van der Waals surface area contributed by atoms with Crippen molar-refractivity contribution in [2.75, 3.05) is 5.75 Å². The van der Waals surface area contributed by atoms with Gasteiger partial charge in [-0.15, -0.1) is 0 Å². The second-order valence-corrected chi connectivity index (χ2v) is 7.19. The molecule has 0 saturated carbocycles. The van der Waals surface area contributed by atoms with Crippen LogP contribution in [0.25, 0.3) is 5.53 Å². The van der Waals surface area contributed by atoms with Gasteiger partial charge in [-0.3, -0.25) is 4.79 Å². The summed E-state index contributed by atoms with van der Waals surface area (Å²) in [6, 6.07) is 9.84. The zero-order valence-corrected chi connectivity index (χ0v) is 14.6. The van der Waals surface area contributed by atoms with Gasteiger partial charge in [-0.1, -0.05) is 24.6 Å². The van der Waals surface area contributed by atoms with E-state index in [1.54, 1.807) is 0 Å². The number of amides is 2. The molecule has 134 valence electrons. The largest absolute Gasteiger partial charge is 0.481 e. The molecule has 2 saturated heterocycles. The molecule has 2 aliphatic heterocycles. The van der Waals surface area contributed by atoms with E-state index in [9.17, 15) is 9.59 Å². The van der Waals surface area contributed by atoms with Gasteiger partial charge in [0, 0.05) is 17.4 Å². The summed E-state index contributed by atoms with van der Waals surface area (Å²) in [6.07, 6.45) is 4.27. The fourth-order valence-corrected chi connectivity index (χ4v) is 4.41. The monoisotopic (exact) mass is 362 g/mol. The molecule has 1 aromatic carbocycles. The fourth-order valence-electron chi connectivity index (χ4n) is 2.87. The molecule has 2 aliphatic rings. The van der Waals surface area contributed by atoms with Gasteiger partial charge in [-0.2, -0.15) is 16.6 Å². The van der Waals surface area contributed by atoms with Crippen LogP contribution in [0.2, 0.25) is 0 Å². The Bertz CT molecular complexity index is 634. The normalized spacial score (nSPS) is 23.4. The first-order chi connectivity index (χ1) is 12.1. The van der Waals surface area contributed by atoms with Crippen LogP contribution in [0.1, 0.15) is 31.2 Å². The number of hydrogen-bond acceptors (Lipinski definition) is 3. The Hall–Kier alpha value is -2.31. The number of urea groups is 1. The van der Waals surface area contributed by atoms with Gasteiger partial charge < -0.3 is 21.3 Å². The molecule has 0 aromatic heterocycles. The first-order valence-electron chi connectivity index (χ1n) is 8.23. The van der Waals surface area contributed by atoms with Crippen molar-refractivity contribution < 1.29 is 19.5 Å². The lowest BCUT2D eigenvalue weighted by molar-refractivity contribution is -0.137. The number of nitrogens with zero attached hydrogens (tertiary/aromatic N) is 2. The van der Waals surface area contributed by atoms with Crippen LogP contribution in [0.15, 0.2) is 30.3 Å². The molecule has 0 spiro atoms. The van der Waals surface area contributed by atoms with Crippen LogP contribution < -0.4 is 10.6 Å². The van der Waals surface area contributed by atoms with Crippen molar-refractivity contribution in [1.82, 2.24) is 10.6 Å². The number of aliphatic carboxylic acids is 1. The van der Waals surface area contributed by atoms with Crippen LogP contribution in [0, 0.1) is 0 Å². The molecule has 0 aliphatic carbocycles. The number of thioether (sulfide) groups is 1. The van der Waals surface area contributed by atoms with Crippen molar-refractivity contribution in [3.05, 3.63) is 41.4 Å². The maximum atomic E-state index is 11.1. The van der Waals surface area contributed by atoms with E-state index in [4.69, 9.17) is 10.6 Å². The number of carbonyl (C=O) groups is 2. The van der Waals surface area contributed by atoms with Crippen molar-refractivity contribution in [3.8, 4) is 0 Å². The van der Waals surface area contributed by atoms with Crippen LogP contribution >= 0.6 is 11.8 Å². The van der Waals surface area contributed by atoms with Gasteiger partial charge >= 0.3 is 12.0 Å². The van der Waals surface area contributed by atoms with Gasteiger partial charge in [-0.25, -0.2) is 4.79 Å². The summed E-state index contributed by atoms with van der Waals surface area (Å²) in [4.78, 5) is 24.3. The summed E-state index contributed by atoms with van der Waals surface area (Å²) in [5, 5.41) is 14.8. The van der Waals surface area contributed by atoms with E-state index in [-0.39, 0.29) is 24.5 Å². The average molecular weight is 362 g/mol. The van der Waals surface area contributed by atoms with Gasteiger partial charge in [0.15, 0.2) is 0 Å². The molecule has 7 nitrogen and oxygen atoms in total. The van der Waals surface area contributed by atoms with Crippen LogP contribution in [0.4, 0.5) is 4.79 Å². The smallest absolute Gasteiger partial charge is 0.315 e. The highest BCUT2D eigenvalue weighted by atomic mass is 32.2. The highest BCUT2D eigenvalue weighted by Crippen LogP contribution is 2.33. The number of benzene rings is 1. The molecule has 0 bridgehead atoms. The number of carboxylic acid groups (broad SMARTS) is 1. The van der Waals surface area contributed by atoms with Crippen LogP contribution in [0.5, 0.6) is 0 Å². The summed E-state index contributed by atoms with van der Waals surface area (Å²) < 4.78 is 0. The SMILES string of the molecule is O=C(O)CCCC[C@@H]1SC[C@@H]2NC(=O)N[C@@H]21.[N-]=[N+]=Cc1ccccc1. The zero-order valence-electron chi connectivity index (χ0n) is 13.8. The number of nitrogens with one attached hydrogen (secondary N) is 2. The molecular formula is C17H22N4O3S. The van der Waals surface area contributed by atoms with Gasteiger partial charge in [0.2, 0.25) is 0 Å². The third kappa shape index (κ3) is 6.25. The molecule has 1 aromatic rings. The zero-order chi connectivity index (χ0) is 18.1. The Morgan fingerprint density at radius 3 is 2.76 bits per heavy atom. The van der Waals surface area contributed by atoms with Crippen molar-refractivity contribution >= 4 is 30.0 Å². The lowest BCUT2D eigenvalue weighted by atomic mass is 10.0. The van der Waals surface area contributed by atoms with E-state index in [2.05, 4.69) is 15.4 Å². The molecule has 2 fully saturated rings. The van der Waals surface area contributed by atoms with E-state index in [1.165, 1.54) is 6.21 Å². The van der Waals surface area contributed by atoms with Crippen LogP contribution in [-0.4, -0.2) is 51.2 Å². The van der Waals surface area contributed by atoms with E-state index in [0.717, 1.165) is 30.6 Å². The molecule has 8 heteroatoms. The lowest BCUT2D eigenvalue weighted by Crippen LogP contribution is -2.36.